The lowest BCUT2D eigenvalue weighted by Crippen LogP contribution is -2.18. The Balaban J connectivity index is 1.74. The fourth-order valence-electron chi connectivity index (χ4n) is 2.00. The Kier molecular flexibility index (Phi) is 3.88. The summed E-state index contributed by atoms with van der Waals surface area (Å²) in [6.45, 7) is 0.445. The monoisotopic (exact) mass is 295 g/mol. The number of hydrogen-bond donors (Lipinski definition) is 2. The van der Waals surface area contributed by atoms with Gasteiger partial charge < -0.3 is 0 Å². The van der Waals surface area contributed by atoms with Crippen molar-refractivity contribution in [1.29, 1.82) is 0 Å². The standard InChI is InChI=1S/C15H13N5O2/c21-15(18-22)13-8-6-11(7-9-13)10-20-17-14(16-19-20)12-4-2-1-3-5-12/h1-9,22H,10H2,(H,18,21). The van der Waals surface area contributed by atoms with E-state index in [0.717, 1.165) is 11.1 Å². The number of tetrazole rings is 1. The van der Waals surface area contributed by atoms with Crippen molar-refractivity contribution < 1.29 is 10.0 Å². The van der Waals surface area contributed by atoms with Crippen molar-refractivity contribution in [3.05, 3.63) is 65.7 Å². The van der Waals surface area contributed by atoms with E-state index < -0.39 is 5.91 Å². The van der Waals surface area contributed by atoms with Gasteiger partial charge in [0.2, 0.25) is 5.82 Å². The predicted molar refractivity (Wildman–Crippen MR) is 78.0 cm³/mol. The summed E-state index contributed by atoms with van der Waals surface area (Å²) in [5.41, 5.74) is 3.80. The van der Waals surface area contributed by atoms with Crippen LogP contribution in [-0.2, 0) is 6.54 Å². The van der Waals surface area contributed by atoms with Gasteiger partial charge in [-0.25, -0.2) is 5.48 Å². The molecular formula is C15H13N5O2. The summed E-state index contributed by atoms with van der Waals surface area (Å²) in [5, 5.41) is 20.9. The van der Waals surface area contributed by atoms with Crippen LogP contribution in [0.25, 0.3) is 11.4 Å². The summed E-state index contributed by atoms with van der Waals surface area (Å²) in [4.78, 5) is 12.7. The van der Waals surface area contributed by atoms with Crippen LogP contribution in [-0.4, -0.2) is 31.3 Å². The molecule has 0 aliphatic rings. The zero-order chi connectivity index (χ0) is 15.4. The smallest absolute Gasteiger partial charge is 0.274 e. The summed E-state index contributed by atoms with van der Waals surface area (Å²) < 4.78 is 0. The third-order valence-electron chi connectivity index (χ3n) is 3.13. The first-order chi connectivity index (χ1) is 10.8. The highest BCUT2D eigenvalue weighted by Crippen LogP contribution is 2.12. The van der Waals surface area contributed by atoms with Crippen LogP contribution in [0, 0.1) is 0 Å². The molecule has 0 saturated carbocycles. The SMILES string of the molecule is O=C(NO)c1ccc(Cn2nnc(-c3ccccc3)n2)cc1. The quantitative estimate of drug-likeness (QED) is 0.562. The van der Waals surface area contributed by atoms with Gasteiger partial charge in [-0.2, -0.15) is 4.80 Å². The van der Waals surface area contributed by atoms with Crippen molar-refractivity contribution in [2.45, 2.75) is 6.54 Å². The molecule has 0 radical (unpaired) electrons. The number of hydroxylamine groups is 1. The molecule has 0 atom stereocenters. The largest absolute Gasteiger partial charge is 0.288 e. The van der Waals surface area contributed by atoms with E-state index in [2.05, 4.69) is 15.4 Å². The number of carbonyl (C=O) groups excluding carboxylic acids is 1. The molecule has 0 unspecified atom stereocenters. The molecule has 1 amide bonds. The molecule has 0 aliphatic carbocycles. The Labute approximate surface area is 126 Å². The Morgan fingerprint density at radius 1 is 1.09 bits per heavy atom. The van der Waals surface area contributed by atoms with Gasteiger partial charge >= 0.3 is 0 Å². The molecule has 7 nitrogen and oxygen atoms in total. The van der Waals surface area contributed by atoms with Crippen molar-refractivity contribution in [2.75, 3.05) is 0 Å². The molecular weight excluding hydrogens is 282 g/mol. The van der Waals surface area contributed by atoms with Crippen LogP contribution >= 0.6 is 0 Å². The van der Waals surface area contributed by atoms with Crippen molar-refractivity contribution in [2.24, 2.45) is 0 Å². The van der Waals surface area contributed by atoms with Gasteiger partial charge in [0, 0.05) is 11.1 Å². The van der Waals surface area contributed by atoms with E-state index in [9.17, 15) is 4.79 Å². The van der Waals surface area contributed by atoms with Crippen LogP contribution in [0.15, 0.2) is 54.6 Å². The average molecular weight is 295 g/mol. The number of carbonyl (C=O) groups is 1. The molecule has 22 heavy (non-hydrogen) atoms. The summed E-state index contributed by atoms with van der Waals surface area (Å²) in [6, 6.07) is 16.4. The molecule has 0 aliphatic heterocycles. The van der Waals surface area contributed by atoms with Crippen LogP contribution in [0.2, 0.25) is 0 Å². The van der Waals surface area contributed by atoms with Gasteiger partial charge in [-0.1, -0.05) is 42.5 Å². The third-order valence-corrected chi connectivity index (χ3v) is 3.13. The molecule has 2 aromatic carbocycles. The Morgan fingerprint density at radius 2 is 1.82 bits per heavy atom. The maximum atomic E-state index is 11.2. The molecule has 3 aromatic rings. The molecule has 7 heteroatoms. The molecule has 3 rings (SSSR count). The fourth-order valence-corrected chi connectivity index (χ4v) is 2.00. The summed E-state index contributed by atoms with van der Waals surface area (Å²) >= 11 is 0. The van der Waals surface area contributed by atoms with Crippen molar-refractivity contribution in [3.63, 3.8) is 0 Å². The van der Waals surface area contributed by atoms with E-state index in [1.807, 2.05) is 30.3 Å². The van der Waals surface area contributed by atoms with Gasteiger partial charge in [0.05, 0.1) is 6.54 Å². The van der Waals surface area contributed by atoms with E-state index in [1.165, 1.54) is 4.80 Å². The lowest BCUT2D eigenvalue weighted by Gasteiger charge is -2.02. The van der Waals surface area contributed by atoms with E-state index in [-0.39, 0.29) is 0 Å². The van der Waals surface area contributed by atoms with Crippen molar-refractivity contribution in [3.8, 4) is 11.4 Å². The number of amides is 1. The minimum atomic E-state index is -0.545. The average Bonchev–Trinajstić information content (AvgIpc) is 3.04. The van der Waals surface area contributed by atoms with Crippen LogP contribution in [0.1, 0.15) is 15.9 Å². The number of benzene rings is 2. The van der Waals surface area contributed by atoms with E-state index in [0.29, 0.717) is 17.9 Å². The summed E-state index contributed by atoms with van der Waals surface area (Å²) in [7, 11) is 0. The second kappa shape index (κ2) is 6.15. The van der Waals surface area contributed by atoms with Crippen LogP contribution < -0.4 is 5.48 Å². The topological polar surface area (TPSA) is 92.9 Å². The third kappa shape index (κ3) is 2.99. The first-order valence-corrected chi connectivity index (χ1v) is 6.63. The molecule has 2 N–H and O–H groups in total. The van der Waals surface area contributed by atoms with E-state index in [4.69, 9.17) is 5.21 Å². The van der Waals surface area contributed by atoms with Crippen molar-refractivity contribution in [1.82, 2.24) is 25.7 Å². The first kappa shape index (κ1) is 13.9. The van der Waals surface area contributed by atoms with E-state index in [1.54, 1.807) is 29.7 Å². The molecule has 0 saturated heterocycles. The van der Waals surface area contributed by atoms with Crippen molar-refractivity contribution >= 4 is 5.91 Å². The van der Waals surface area contributed by atoms with Gasteiger partial charge in [0.1, 0.15) is 0 Å². The van der Waals surface area contributed by atoms with E-state index >= 15 is 0 Å². The maximum absolute atomic E-state index is 11.2. The normalized spacial score (nSPS) is 10.4. The predicted octanol–water partition coefficient (Wildman–Crippen LogP) is 1.51. The van der Waals surface area contributed by atoms with Gasteiger partial charge in [-0.05, 0) is 22.9 Å². The zero-order valence-electron chi connectivity index (χ0n) is 11.5. The maximum Gasteiger partial charge on any atom is 0.274 e. The molecule has 1 heterocycles. The Morgan fingerprint density at radius 3 is 2.50 bits per heavy atom. The minimum absolute atomic E-state index is 0.378. The lowest BCUT2D eigenvalue weighted by atomic mass is 10.1. The highest BCUT2D eigenvalue weighted by Gasteiger charge is 2.07. The van der Waals surface area contributed by atoms with Gasteiger partial charge in [-0.3, -0.25) is 10.0 Å². The number of hydrogen-bond acceptors (Lipinski definition) is 5. The molecule has 0 fully saturated rings. The summed E-state index contributed by atoms with van der Waals surface area (Å²) in [5.74, 6) is 0.0219. The minimum Gasteiger partial charge on any atom is -0.288 e. The van der Waals surface area contributed by atoms with Crippen LogP contribution in [0.3, 0.4) is 0 Å². The van der Waals surface area contributed by atoms with Gasteiger partial charge in [-0.15, -0.1) is 10.2 Å². The molecule has 0 spiro atoms. The highest BCUT2D eigenvalue weighted by molar-refractivity contribution is 5.93. The zero-order valence-corrected chi connectivity index (χ0v) is 11.5. The second-order valence-corrected chi connectivity index (χ2v) is 4.65. The Hall–Kier alpha value is -3.06. The fraction of sp³-hybridized carbons (Fsp3) is 0.0667. The van der Waals surface area contributed by atoms with Crippen LogP contribution in [0.5, 0.6) is 0 Å². The molecule has 1 aromatic heterocycles. The molecule has 0 bridgehead atoms. The van der Waals surface area contributed by atoms with Crippen LogP contribution in [0.4, 0.5) is 0 Å². The summed E-state index contributed by atoms with van der Waals surface area (Å²) in [6.07, 6.45) is 0. The number of nitrogens with one attached hydrogen (secondary N) is 1. The first-order valence-electron chi connectivity index (χ1n) is 6.63. The number of aromatic nitrogens is 4. The number of nitrogens with zero attached hydrogens (tertiary/aromatic N) is 4. The van der Waals surface area contributed by atoms with Gasteiger partial charge in [0.25, 0.3) is 5.91 Å². The molecule has 110 valence electrons. The Bertz CT molecular complexity index is 768. The second-order valence-electron chi connectivity index (χ2n) is 4.65. The number of rotatable bonds is 4. The lowest BCUT2D eigenvalue weighted by molar-refractivity contribution is 0.0706. The van der Waals surface area contributed by atoms with Gasteiger partial charge in [0.15, 0.2) is 0 Å². The highest BCUT2D eigenvalue weighted by atomic mass is 16.5.